The van der Waals surface area contributed by atoms with Gasteiger partial charge in [-0.25, -0.2) is 12.7 Å². The fourth-order valence-corrected chi connectivity index (χ4v) is 4.75. The minimum atomic E-state index is -3.02. The van der Waals surface area contributed by atoms with Crippen molar-refractivity contribution in [3.63, 3.8) is 0 Å². The summed E-state index contributed by atoms with van der Waals surface area (Å²) in [6.45, 7) is 5.92. The molecule has 0 atom stereocenters. The molecule has 0 aromatic carbocycles. The fourth-order valence-electron chi connectivity index (χ4n) is 2.13. The molecular formula is C10H21N3O2S2. The summed E-state index contributed by atoms with van der Waals surface area (Å²) < 4.78 is 25.9. The molecule has 0 aromatic heterocycles. The Labute approximate surface area is 108 Å². The Bertz CT molecular complexity index is 322. The van der Waals surface area contributed by atoms with Crippen LogP contribution in [0.2, 0.25) is 0 Å². The van der Waals surface area contributed by atoms with E-state index in [1.54, 1.807) is 4.31 Å². The second-order valence-electron chi connectivity index (χ2n) is 4.42. The molecular weight excluding hydrogens is 258 g/mol. The molecule has 7 heteroatoms. The van der Waals surface area contributed by atoms with Crippen LogP contribution in [-0.2, 0) is 10.0 Å². The maximum Gasteiger partial charge on any atom is 0.215 e. The Balaban J connectivity index is 1.79. The molecule has 2 rings (SSSR count). The van der Waals surface area contributed by atoms with E-state index in [2.05, 4.69) is 10.2 Å². The minimum absolute atomic E-state index is 0.275. The van der Waals surface area contributed by atoms with Crippen LogP contribution in [0.25, 0.3) is 0 Å². The molecule has 2 aliphatic heterocycles. The molecule has 0 aromatic rings. The lowest BCUT2D eigenvalue weighted by Gasteiger charge is -2.29. The Hall–Kier alpha value is 0.180. The summed E-state index contributed by atoms with van der Waals surface area (Å²) in [6.07, 6.45) is 0. The van der Waals surface area contributed by atoms with Crippen molar-refractivity contribution in [2.45, 2.75) is 0 Å². The van der Waals surface area contributed by atoms with E-state index in [0.717, 1.165) is 37.7 Å². The minimum Gasteiger partial charge on any atom is -0.314 e. The lowest BCUT2D eigenvalue weighted by Crippen LogP contribution is -2.47. The normalized spacial score (nSPS) is 24.9. The standard InChI is InChI=1S/C10H21N3O2S2/c14-17(15,13-5-8-16-9-6-13)10-7-12-3-1-11-2-4-12/h11H,1-10H2. The first-order valence-corrected chi connectivity index (χ1v) is 8.93. The van der Waals surface area contributed by atoms with Crippen LogP contribution in [0.15, 0.2) is 0 Å². The van der Waals surface area contributed by atoms with E-state index in [0.29, 0.717) is 19.6 Å². The number of rotatable bonds is 4. The molecule has 100 valence electrons. The van der Waals surface area contributed by atoms with Crippen LogP contribution in [0.4, 0.5) is 0 Å². The van der Waals surface area contributed by atoms with Gasteiger partial charge in [-0.05, 0) is 0 Å². The summed E-state index contributed by atoms with van der Waals surface area (Å²) >= 11 is 1.84. The van der Waals surface area contributed by atoms with Gasteiger partial charge in [0.05, 0.1) is 5.75 Å². The molecule has 5 nitrogen and oxygen atoms in total. The predicted molar refractivity (Wildman–Crippen MR) is 72.0 cm³/mol. The van der Waals surface area contributed by atoms with Crippen molar-refractivity contribution in [3.05, 3.63) is 0 Å². The summed E-state index contributed by atoms with van der Waals surface area (Å²) in [7, 11) is -3.02. The van der Waals surface area contributed by atoms with Gasteiger partial charge in [-0.1, -0.05) is 0 Å². The Morgan fingerprint density at radius 2 is 1.71 bits per heavy atom. The monoisotopic (exact) mass is 279 g/mol. The number of piperazine rings is 1. The van der Waals surface area contributed by atoms with Gasteiger partial charge in [0.2, 0.25) is 10.0 Å². The molecule has 0 saturated carbocycles. The molecule has 2 saturated heterocycles. The van der Waals surface area contributed by atoms with E-state index in [1.807, 2.05) is 11.8 Å². The van der Waals surface area contributed by atoms with Crippen LogP contribution in [0.5, 0.6) is 0 Å². The molecule has 17 heavy (non-hydrogen) atoms. The Kier molecular flexibility index (Phi) is 5.10. The topological polar surface area (TPSA) is 52.7 Å². The molecule has 0 aliphatic carbocycles. The molecule has 0 unspecified atom stereocenters. The number of nitrogens with one attached hydrogen (secondary N) is 1. The third kappa shape index (κ3) is 4.10. The highest BCUT2D eigenvalue weighted by molar-refractivity contribution is 7.99. The zero-order chi connectivity index (χ0) is 12.1. The van der Waals surface area contributed by atoms with Crippen molar-refractivity contribution >= 4 is 21.8 Å². The van der Waals surface area contributed by atoms with Crippen molar-refractivity contribution in [1.29, 1.82) is 0 Å². The average molecular weight is 279 g/mol. The quantitative estimate of drug-likeness (QED) is 0.735. The Morgan fingerprint density at radius 1 is 1.06 bits per heavy atom. The highest BCUT2D eigenvalue weighted by Gasteiger charge is 2.24. The SMILES string of the molecule is O=S(=O)(CCN1CCNCC1)N1CCSCC1. The molecule has 0 spiro atoms. The van der Waals surface area contributed by atoms with E-state index >= 15 is 0 Å². The van der Waals surface area contributed by atoms with Crippen molar-refractivity contribution in [2.75, 3.05) is 63.1 Å². The number of hydrogen-bond acceptors (Lipinski definition) is 5. The van der Waals surface area contributed by atoms with Gasteiger partial charge in [-0.15, -0.1) is 0 Å². The molecule has 2 heterocycles. The van der Waals surface area contributed by atoms with Crippen molar-refractivity contribution in [3.8, 4) is 0 Å². The van der Waals surface area contributed by atoms with E-state index in [1.165, 1.54) is 0 Å². The Morgan fingerprint density at radius 3 is 2.35 bits per heavy atom. The highest BCUT2D eigenvalue weighted by atomic mass is 32.2. The van der Waals surface area contributed by atoms with Gasteiger partial charge in [0.15, 0.2) is 0 Å². The van der Waals surface area contributed by atoms with Crippen molar-refractivity contribution < 1.29 is 8.42 Å². The third-order valence-electron chi connectivity index (χ3n) is 3.24. The number of hydrogen-bond donors (Lipinski definition) is 1. The molecule has 2 aliphatic rings. The van der Waals surface area contributed by atoms with Crippen LogP contribution in [0.1, 0.15) is 0 Å². The highest BCUT2D eigenvalue weighted by Crippen LogP contribution is 2.13. The van der Waals surface area contributed by atoms with Crippen LogP contribution in [0.3, 0.4) is 0 Å². The average Bonchev–Trinajstić information content (AvgIpc) is 2.39. The first-order chi connectivity index (χ1) is 8.18. The van der Waals surface area contributed by atoms with Gasteiger partial charge < -0.3 is 5.32 Å². The first-order valence-electron chi connectivity index (χ1n) is 6.17. The number of nitrogens with zero attached hydrogens (tertiary/aromatic N) is 2. The maximum atomic E-state index is 12.1. The van der Waals surface area contributed by atoms with Crippen LogP contribution >= 0.6 is 11.8 Å². The lowest BCUT2D eigenvalue weighted by molar-refractivity contribution is 0.252. The zero-order valence-electron chi connectivity index (χ0n) is 10.1. The van der Waals surface area contributed by atoms with E-state index in [-0.39, 0.29) is 5.75 Å². The molecule has 1 N–H and O–H groups in total. The van der Waals surface area contributed by atoms with Crippen molar-refractivity contribution in [2.24, 2.45) is 0 Å². The second kappa shape index (κ2) is 6.38. The zero-order valence-corrected chi connectivity index (χ0v) is 11.7. The van der Waals surface area contributed by atoms with Gasteiger partial charge >= 0.3 is 0 Å². The predicted octanol–water partition coefficient (Wildman–Crippen LogP) is -0.730. The molecule has 0 amide bonds. The van der Waals surface area contributed by atoms with Crippen LogP contribution < -0.4 is 5.32 Å². The van der Waals surface area contributed by atoms with Crippen molar-refractivity contribution in [1.82, 2.24) is 14.5 Å². The van der Waals surface area contributed by atoms with Gasteiger partial charge in [0.1, 0.15) is 0 Å². The summed E-state index contributed by atoms with van der Waals surface area (Å²) in [6, 6.07) is 0. The summed E-state index contributed by atoms with van der Waals surface area (Å²) in [5.74, 6) is 2.15. The fraction of sp³-hybridized carbons (Fsp3) is 1.00. The van der Waals surface area contributed by atoms with Gasteiger partial charge in [-0.3, -0.25) is 4.90 Å². The summed E-state index contributed by atoms with van der Waals surface area (Å²) in [4.78, 5) is 2.23. The number of thioether (sulfide) groups is 1. The smallest absolute Gasteiger partial charge is 0.215 e. The summed E-state index contributed by atoms with van der Waals surface area (Å²) in [5, 5.41) is 3.27. The van der Waals surface area contributed by atoms with Gasteiger partial charge in [0.25, 0.3) is 0 Å². The van der Waals surface area contributed by atoms with E-state index in [4.69, 9.17) is 0 Å². The van der Waals surface area contributed by atoms with Crippen LogP contribution in [-0.4, -0.2) is 80.7 Å². The summed E-state index contributed by atoms with van der Waals surface area (Å²) in [5.41, 5.74) is 0. The largest absolute Gasteiger partial charge is 0.314 e. The molecule has 0 bridgehead atoms. The molecule has 0 radical (unpaired) electrons. The molecule has 2 fully saturated rings. The maximum absolute atomic E-state index is 12.1. The van der Waals surface area contributed by atoms with E-state index in [9.17, 15) is 8.42 Å². The van der Waals surface area contributed by atoms with E-state index < -0.39 is 10.0 Å². The van der Waals surface area contributed by atoms with Crippen LogP contribution in [0, 0.1) is 0 Å². The van der Waals surface area contributed by atoms with Gasteiger partial charge in [0, 0.05) is 57.3 Å². The third-order valence-corrected chi connectivity index (χ3v) is 6.03. The van der Waals surface area contributed by atoms with Gasteiger partial charge in [-0.2, -0.15) is 11.8 Å². The number of sulfonamides is 1. The first kappa shape index (κ1) is 13.6. The second-order valence-corrected chi connectivity index (χ2v) is 7.73. The lowest BCUT2D eigenvalue weighted by atomic mass is 10.4.